The van der Waals surface area contributed by atoms with Crippen molar-refractivity contribution in [3.05, 3.63) is 70.2 Å². The summed E-state index contributed by atoms with van der Waals surface area (Å²) in [5.41, 5.74) is -0.240. The number of carbonyl (C=O) groups excluding carboxylic acids is 2. The van der Waals surface area contributed by atoms with Crippen molar-refractivity contribution in [2.24, 2.45) is 0 Å². The number of methoxy groups -OCH3 is 1. The fourth-order valence-corrected chi connectivity index (χ4v) is 3.72. The summed E-state index contributed by atoms with van der Waals surface area (Å²) in [6.07, 6.45) is -4.94. The molecular formula is C23H24ClF3N2O4. The molecular weight excluding hydrogens is 461 g/mol. The highest BCUT2D eigenvalue weighted by Crippen LogP contribution is 2.29. The van der Waals surface area contributed by atoms with Gasteiger partial charge in [0, 0.05) is 49.4 Å². The molecule has 1 aliphatic heterocycles. The third-order valence-electron chi connectivity index (χ3n) is 5.23. The number of ether oxygens (including phenoxy) is 2. The Morgan fingerprint density at radius 2 is 1.91 bits per heavy atom. The summed E-state index contributed by atoms with van der Waals surface area (Å²) >= 11 is 5.99. The number of halogens is 4. The minimum Gasteiger partial charge on any atom is -0.383 e. The molecule has 2 aromatic carbocycles. The second-order valence-electron chi connectivity index (χ2n) is 7.57. The van der Waals surface area contributed by atoms with E-state index in [-0.39, 0.29) is 37.7 Å². The van der Waals surface area contributed by atoms with Crippen molar-refractivity contribution in [3.63, 3.8) is 0 Å². The fraction of sp³-hybridized carbons (Fsp3) is 0.391. The van der Waals surface area contributed by atoms with E-state index >= 15 is 0 Å². The van der Waals surface area contributed by atoms with Gasteiger partial charge in [0.15, 0.2) is 0 Å². The number of nitrogens with zero attached hydrogens (tertiary/aromatic N) is 2. The molecule has 6 nitrogen and oxygen atoms in total. The Morgan fingerprint density at radius 3 is 2.55 bits per heavy atom. The van der Waals surface area contributed by atoms with Crippen LogP contribution >= 0.6 is 11.6 Å². The summed E-state index contributed by atoms with van der Waals surface area (Å²) < 4.78 is 49.4. The lowest BCUT2D eigenvalue weighted by Gasteiger charge is -2.36. The summed E-state index contributed by atoms with van der Waals surface area (Å²) in [5.74, 6) is -0.633. The lowest BCUT2D eigenvalue weighted by molar-refractivity contribution is -0.137. The first-order valence-electron chi connectivity index (χ1n) is 10.3. The lowest BCUT2D eigenvalue weighted by Crippen LogP contribution is -2.51. The molecule has 2 aromatic rings. The number of benzene rings is 2. The van der Waals surface area contributed by atoms with E-state index in [0.29, 0.717) is 23.7 Å². The smallest absolute Gasteiger partial charge is 0.383 e. The van der Waals surface area contributed by atoms with Gasteiger partial charge in [0.25, 0.3) is 11.8 Å². The van der Waals surface area contributed by atoms with Crippen LogP contribution in [0.2, 0.25) is 5.02 Å². The van der Waals surface area contributed by atoms with Crippen molar-refractivity contribution in [1.29, 1.82) is 0 Å². The van der Waals surface area contributed by atoms with Crippen LogP contribution in [0.4, 0.5) is 13.2 Å². The number of rotatable bonds is 7. The van der Waals surface area contributed by atoms with Crippen LogP contribution in [0, 0.1) is 0 Å². The van der Waals surface area contributed by atoms with Crippen LogP contribution in [0.25, 0.3) is 0 Å². The van der Waals surface area contributed by atoms with Gasteiger partial charge in [0.2, 0.25) is 0 Å². The van der Waals surface area contributed by atoms with Crippen molar-refractivity contribution < 1.29 is 32.2 Å². The zero-order valence-corrected chi connectivity index (χ0v) is 18.7. The van der Waals surface area contributed by atoms with Crippen LogP contribution in [0.5, 0.6) is 0 Å². The van der Waals surface area contributed by atoms with E-state index in [9.17, 15) is 22.8 Å². The van der Waals surface area contributed by atoms with E-state index in [1.165, 1.54) is 12.0 Å². The van der Waals surface area contributed by atoms with Gasteiger partial charge >= 0.3 is 6.18 Å². The maximum absolute atomic E-state index is 13.0. The summed E-state index contributed by atoms with van der Waals surface area (Å²) in [4.78, 5) is 28.9. The second kappa shape index (κ2) is 11.0. The maximum Gasteiger partial charge on any atom is 0.416 e. The minimum atomic E-state index is -4.48. The summed E-state index contributed by atoms with van der Waals surface area (Å²) in [7, 11) is 1.49. The molecule has 0 spiro atoms. The van der Waals surface area contributed by atoms with E-state index in [2.05, 4.69) is 0 Å². The van der Waals surface area contributed by atoms with Gasteiger partial charge in [0.05, 0.1) is 24.9 Å². The molecule has 1 atom stereocenters. The lowest BCUT2D eigenvalue weighted by atomic mass is 10.1. The van der Waals surface area contributed by atoms with Gasteiger partial charge in [-0.15, -0.1) is 0 Å². The van der Waals surface area contributed by atoms with Gasteiger partial charge < -0.3 is 19.3 Å². The van der Waals surface area contributed by atoms with E-state index in [4.69, 9.17) is 21.1 Å². The summed E-state index contributed by atoms with van der Waals surface area (Å²) in [6, 6.07) is 10.7. The van der Waals surface area contributed by atoms with Crippen LogP contribution < -0.4 is 0 Å². The van der Waals surface area contributed by atoms with Gasteiger partial charge in [-0.1, -0.05) is 17.7 Å². The third-order valence-corrected chi connectivity index (χ3v) is 5.47. The van der Waals surface area contributed by atoms with Gasteiger partial charge in [-0.05, 0) is 42.5 Å². The molecule has 1 fully saturated rings. The normalized spacial score (nSPS) is 16.5. The quantitative estimate of drug-likeness (QED) is 0.596. The number of hydrogen-bond donors (Lipinski definition) is 0. The van der Waals surface area contributed by atoms with Gasteiger partial charge in [-0.25, -0.2) is 0 Å². The van der Waals surface area contributed by atoms with Crippen LogP contribution in [-0.2, 0) is 15.7 Å². The maximum atomic E-state index is 13.0. The van der Waals surface area contributed by atoms with Gasteiger partial charge in [-0.2, -0.15) is 13.2 Å². The Morgan fingerprint density at radius 1 is 1.18 bits per heavy atom. The molecule has 2 amide bonds. The number of morpholine rings is 1. The van der Waals surface area contributed by atoms with Crippen molar-refractivity contribution >= 4 is 23.4 Å². The fourth-order valence-electron chi connectivity index (χ4n) is 3.53. The Balaban J connectivity index is 1.70. The van der Waals surface area contributed by atoms with Crippen molar-refractivity contribution in [3.8, 4) is 0 Å². The van der Waals surface area contributed by atoms with E-state index in [1.54, 1.807) is 29.2 Å². The molecule has 10 heteroatoms. The van der Waals surface area contributed by atoms with E-state index in [1.807, 2.05) is 0 Å². The molecule has 0 aliphatic carbocycles. The molecule has 0 N–H and O–H groups in total. The molecule has 0 saturated carbocycles. The molecule has 1 aliphatic rings. The van der Waals surface area contributed by atoms with Crippen molar-refractivity contribution in [2.75, 3.05) is 46.5 Å². The average molecular weight is 485 g/mol. The second-order valence-corrected chi connectivity index (χ2v) is 8.01. The van der Waals surface area contributed by atoms with Crippen LogP contribution in [0.3, 0.4) is 0 Å². The number of carbonyl (C=O) groups is 2. The van der Waals surface area contributed by atoms with E-state index in [0.717, 1.165) is 24.3 Å². The standard InChI is InChI=1S/C23H24ClF3N2O4/c1-32-11-9-28(21(30)16-5-7-18(8-6-16)23(25,26)27)14-20-15-29(10-12-33-20)22(31)17-3-2-4-19(24)13-17/h2-8,13,20H,9-12,14-15H2,1H3/t20-/m0/s1. The monoisotopic (exact) mass is 484 g/mol. The molecule has 0 aromatic heterocycles. The molecule has 178 valence electrons. The Kier molecular flexibility index (Phi) is 8.34. The molecule has 3 rings (SSSR count). The predicted octanol–water partition coefficient (Wildman–Crippen LogP) is 3.99. The SMILES string of the molecule is COCCN(C[C@H]1CN(C(=O)c2cccc(Cl)c2)CCO1)C(=O)c1ccc(C(F)(F)F)cc1. The topological polar surface area (TPSA) is 59.1 Å². The molecule has 0 bridgehead atoms. The molecule has 0 unspecified atom stereocenters. The Hall–Kier alpha value is -2.62. The highest BCUT2D eigenvalue weighted by molar-refractivity contribution is 6.30. The zero-order valence-electron chi connectivity index (χ0n) is 18.0. The summed E-state index contributed by atoms with van der Waals surface area (Å²) in [6.45, 7) is 1.57. The predicted molar refractivity (Wildman–Crippen MR) is 116 cm³/mol. The highest BCUT2D eigenvalue weighted by atomic mass is 35.5. The van der Waals surface area contributed by atoms with E-state index < -0.39 is 23.8 Å². The molecule has 1 heterocycles. The first-order chi connectivity index (χ1) is 15.7. The Labute approximate surface area is 194 Å². The van der Waals surface area contributed by atoms with Crippen molar-refractivity contribution in [2.45, 2.75) is 12.3 Å². The minimum absolute atomic E-state index is 0.127. The average Bonchev–Trinajstić information content (AvgIpc) is 2.80. The van der Waals surface area contributed by atoms with Gasteiger partial charge in [-0.3, -0.25) is 9.59 Å². The van der Waals surface area contributed by atoms with Crippen LogP contribution in [0.1, 0.15) is 26.3 Å². The van der Waals surface area contributed by atoms with Gasteiger partial charge in [0.1, 0.15) is 0 Å². The third kappa shape index (κ3) is 6.69. The highest BCUT2D eigenvalue weighted by Gasteiger charge is 2.31. The first-order valence-corrected chi connectivity index (χ1v) is 10.7. The zero-order chi connectivity index (χ0) is 24.0. The van der Waals surface area contributed by atoms with Crippen LogP contribution in [-0.4, -0.2) is 74.2 Å². The number of amides is 2. The van der Waals surface area contributed by atoms with Crippen LogP contribution in [0.15, 0.2) is 48.5 Å². The van der Waals surface area contributed by atoms with Crippen molar-refractivity contribution in [1.82, 2.24) is 9.80 Å². The summed E-state index contributed by atoms with van der Waals surface area (Å²) in [5, 5.41) is 0.457. The largest absolute Gasteiger partial charge is 0.416 e. The number of hydrogen-bond acceptors (Lipinski definition) is 4. The molecule has 33 heavy (non-hydrogen) atoms. The number of alkyl halides is 3. The Bertz CT molecular complexity index is 969. The molecule has 1 saturated heterocycles. The molecule has 0 radical (unpaired) electrons. The first kappa shape index (κ1) is 25.0.